The van der Waals surface area contributed by atoms with Crippen molar-refractivity contribution in [2.75, 3.05) is 0 Å². The minimum absolute atomic E-state index is 0.689. The highest BCUT2D eigenvalue weighted by atomic mass is 16.4. The van der Waals surface area contributed by atoms with Gasteiger partial charge in [0, 0.05) is 6.20 Å². The Labute approximate surface area is 82.8 Å². The summed E-state index contributed by atoms with van der Waals surface area (Å²) in [5.41, 5.74) is 1.04. The zero-order chi connectivity index (χ0) is 10.2. The van der Waals surface area contributed by atoms with Crippen molar-refractivity contribution in [2.45, 2.75) is 31.6 Å². The predicted octanol–water partition coefficient (Wildman–Crippen LogP) is 1.90. The first-order chi connectivity index (χ1) is 6.67. The Kier molecular flexibility index (Phi) is 2.02. The van der Waals surface area contributed by atoms with Crippen molar-refractivity contribution in [1.29, 1.82) is 0 Å². The number of aryl methyl sites for hydroxylation is 1. The molecule has 1 N–H and O–H groups in total. The fourth-order valence-electron chi connectivity index (χ4n) is 2.07. The van der Waals surface area contributed by atoms with Gasteiger partial charge in [0.2, 0.25) is 0 Å². The van der Waals surface area contributed by atoms with E-state index in [1.54, 1.807) is 6.20 Å². The highest BCUT2D eigenvalue weighted by molar-refractivity contribution is 5.82. The maximum absolute atomic E-state index is 11.2. The SMILES string of the molecule is Cc1cccnc1C1(C(=O)O)CCC1. The van der Waals surface area contributed by atoms with Gasteiger partial charge in [-0.3, -0.25) is 9.78 Å². The molecule has 1 aliphatic carbocycles. The van der Waals surface area contributed by atoms with Gasteiger partial charge in [0.1, 0.15) is 5.41 Å². The molecule has 1 aliphatic rings. The third kappa shape index (κ3) is 1.12. The number of carboxylic acid groups (broad SMARTS) is 1. The van der Waals surface area contributed by atoms with Crippen LogP contribution in [0.25, 0.3) is 0 Å². The second-order valence-corrected chi connectivity index (χ2v) is 3.91. The van der Waals surface area contributed by atoms with Crippen LogP contribution in [0.5, 0.6) is 0 Å². The van der Waals surface area contributed by atoms with E-state index in [9.17, 15) is 9.90 Å². The Balaban J connectivity index is 2.47. The number of carboxylic acids is 1. The summed E-state index contributed by atoms with van der Waals surface area (Å²) in [6.45, 7) is 1.92. The summed E-state index contributed by atoms with van der Waals surface area (Å²) in [5, 5.41) is 9.22. The second kappa shape index (κ2) is 3.08. The molecule has 1 fully saturated rings. The van der Waals surface area contributed by atoms with E-state index in [0.29, 0.717) is 0 Å². The van der Waals surface area contributed by atoms with Gasteiger partial charge >= 0.3 is 5.97 Å². The summed E-state index contributed by atoms with van der Waals surface area (Å²) in [6, 6.07) is 3.76. The molecule has 0 radical (unpaired) electrons. The van der Waals surface area contributed by atoms with Gasteiger partial charge in [-0.05, 0) is 31.4 Å². The van der Waals surface area contributed by atoms with Crippen molar-refractivity contribution >= 4 is 5.97 Å². The monoisotopic (exact) mass is 191 g/mol. The second-order valence-electron chi connectivity index (χ2n) is 3.91. The molecule has 14 heavy (non-hydrogen) atoms. The highest BCUT2D eigenvalue weighted by Gasteiger charge is 2.47. The van der Waals surface area contributed by atoms with E-state index in [4.69, 9.17) is 0 Å². The summed E-state index contributed by atoms with van der Waals surface area (Å²) in [5.74, 6) is -0.731. The molecule has 1 aromatic heterocycles. The lowest BCUT2D eigenvalue weighted by atomic mass is 9.65. The number of pyridine rings is 1. The van der Waals surface area contributed by atoms with Crippen LogP contribution in [0.2, 0.25) is 0 Å². The summed E-state index contributed by atoms with van der Waals surface area (Å²) in [6.07, 6.45) is 4.11. The molecule has 3 nitrogen and oxygen atoms in total. The number of nitrogens with zero attached hydrogens (tertiary/aromatic N) is 1. The molecule has 0 atom stereocenters. The first-order valence-electron chi connectivity index (χ1n) is 4.82. The Morgan fingerprint density at radius 3 is 2.71 bits per heavy atom. The van der Waals surface area contributed by atoms with Crippen molar-refractivity contribution in [2.24, 2.45) is 0 Å². The molecular formula is C11H13NO2. The zero-order valence-electron chi connectivity index (χ0n) is 8.16. The highest BCUT2D eigenvalue weighted by Crippen LogP contribution is 2.44. The van der Waals surface area contributed by atoms with Crippen LogP contribution in [0.4, 0.5) is 0 Å². The molecule has 0 unspecified atom stereocenters. The molecule has 0 aliphatic heterocycles. The summed E-state index contributed by atoms with van der Waals surface area (Å²) >= 11 is 0. The minimum Gasteiger partial charge on any atom is -0.481 e. The minimum atomic E-state index is -0.731. The Morgan fingerprint density at radius 2 is 2.29 bits per heavy atom. The van der Waals surface area contributed by atoms with Gasteiger partial charge in [-0.15, -0.1) is 0 Å². The average Bonchev–Trinajstić information content (AvgIpc) is 2.05. The first kappa shape index (κ1) is 9.19. The lowest BCUT2D eigenvalue weighted by Crippen LogP contribution is -2.43. The first-order valence-corrected chi connectivity index (χ1v) is 4.82. The van der Waals surface area contributed by atoms with E-state index in [0.717, 1.165) is 30.5 Å². The molecular weight excluding hydrogens is 178 g/mol. The maximum atomic E-state index is 11.2. The van der Waals surface area contributed by atoms with Crippen molar-refractivity contribution in [3.8, 4) is 0 Å². The molecule has 74 valence electrons. The van der Waals surface area contributed by atoms with Crippen molar-refractivity contribution < 1.29 is 9.90 Å². The predicted molar refractivity (Wildman–Crippen MR) is 52.1 cm³/mol. The van der Waals surface area contributed by atoms with Gasteiger partial charge in [0.05, 0.1) is 5.69 Å². The van der Waals surface area contributed by atoms with E-state index in [1.165, 1.54) is 0 Å². The molecule has 2 rings (SSSR count). The zero-order valence-corrected chi connectivity index (χ0v) is 8.16. The van der Waals surface area contributed by atoms with E-state index in [1.807, 2.05) is 19.1 Å². The van der Waals surface area contributed by atoms with Crippen molar-refractivity contribution in [1.82, 2.24) is 4.98 Å². The van der Waals surface area contributed by atoms with Crippen LogP contribution in [0.1, 0.15) is 30.5 Å². The molecule has 1 saturated carbocycles. The van der Waals surface area contributed by atoms with Crippen LogP contribution < -0.4 is 0 Å². The van der Waals surface area contributed by atoms with Crippen LogP contribution in [0.15, 0.2) is 18.3 Å². The van der Waals surface area contributed by atoms with Gasteiger partial charge in [-0.2, -0.15) is 0 Å². The summed E-state index contributed by atoms with van der Waals surface area (Å²) in [7, 11) is 0. The molecule has 0 spiro atoms. The summed E-state index contributed by atoms with van der Waals surface area (Å²) < 4.78 is 0. The van der Waals surface area contributed by atoms with E-state index in [-0.39, 0.29) is 0 Å². The third-order valence-corrected chi connectivity index (χ3v) is 3.08. The van der Waals surface area contributed by atoms with Gasteiger partial charge in [0.25, 0.3) is 0 Å². The van der Waals surface area contributed by atoms with Crippen LogP contribution in [0, 0.1) is 6.92 Å². The number of hydrogen-bond donors (Lipinski definition) is 1. The quantitative estimate of drug-likeness (QED) is 0.776. The molecule has 3 heteroatoms. The summed E-state index contributed by atoms with van der Waals surface area (Å²) in [4.78, 5) is 15.4. The van der Waals surface area contributed by atoms with Gasteiger partial charge < -0.3 is 5.11 Å². The maximum Gasteiger partial charge on any atom is 0.315 e. The Morgan fingerprint density at radius 1 is 1.57 bits per heavy atom. The molecule has 0 amide bonds. The van der Waals surface area contributed by atoms with Crippen molar-refractivity contribution in [3.63, 3.8) is 0 Å². The number of aromatic nitrogens is 1. The lowest BCUT2D eigenvalue weighted by molar-refractivity contribution is -0.147. The molecule has 0 bridgehead atoms. The van der Waals surface area contributed by atoms with Gasteiger partial charge in [-0.1, -0.05) is 12.5 Å². The van der Waals surface area contributed by atoms with Gasteiger partial charge in [-0.25, -0.2) is 0 Å². The lowest BCUT2D eigenvalue weighted by Gasteiger charge is -2.37. The van der Waals surface area contributed by atoms with Crippen molar-refractivity contribution in [3.05, 3.63) is 29.6 Å². The largest absolute Gasteiger partial charge is 0.481 e. The third-order valence-electron chi connectivity index (χ3n) is 3.08. The smallest absolute Gasteiger partial charge is 0.315 e. The number of rotatable bonds is 2. The fourth-order valence-corrected chi connectivity index (χ4v) is 2.07. The Bertz CT molecular complexity index is 369. The normalized spacial score (nSPS) is 18.6. The van der Waals surface area contributed by atoms with Gasteiger partial charge in [0.15, 0.2) is 0 Å². The van der Waals surface area contributed by atoms with E-state index < -0.39 is 11.4 Å². The van der Waals surface area contributed by atoms with Crippen LogP contribution in [0.3, 0.4) is 0 Å². The fraction of sp³-hybridized carbons (Fsp3) is 0.455. The molecule has 1 aromatic rings. The number of aliphatic carboxylic acids is 1. The van der Waals surface area contributed by atoms with Crippen LogP contribution >= 0.6 is 0 Å². The Hall–Kier alpha value is -1.38. The molecule has 0 saturated heterocycles. The molecule has 0 aromatic carbocycles. The van der Waals surface area contributed by atoms with E-state index in [2.05, 4.69) is 4.98 Å². The standard InChI is InChI=1S/C11H13NO2/c1-8-4-2-7-12-9(8)11(10(13)14)5-3-6-11/h2,4,7H,3,5-6H2,1H3,(H,13,14). The van der Waals surface area contributed by atoms with E-state index >= 15 is 0 Å². The number of hydrogen-bond acceptors (Lipinski definition) is 2. The van der Waals surface area contributed by atoms with Crippen LogP contribution in [-0.4, -0.2) is 16.1 Å². The average molecular weight is 191 g/mol. The topological polar surface area (TPSA) is 50.2 Å². The van der Waals surface area contributed by atoms with Crippen LogP contribution in [-0.2, 0) is 10.2 Å². The number of carbonyl (C=O) groups is 1. The molecule has 1 heterocycles.